The number of piperazine rings is 1. The number of nitrogens with zero attached hydrogens (tertiary/aromatic N) is 4. The third-order valence-corrected chi connectivity index (χ3v) is 5.95. The van der Waals surface area contributed by atoms with Crippen LogP contribution in [0.4, 0.5) is 5.82 Å². The number of methoxy groups -OCH3 is 1. The Morgan fingerprint density at radius 2 is 1.76 bits per heavy atom. The standard InChI is InChI=1S/C25H26N4O5/c1-17-3-6-20(22(13-17)31-2)32-15-25(30)29-11-9-28(10-12-29)24-8-5-19(26-27-24)18-4-7-21-23(14-18)34-16-33-21/h3-8,13-14H,9-12,15-16H2,1-2H3. The number of ether oxygens (including phenoxy) is 4. The fraction of sp³-hybridized carbons (Fsp3) is 0.320. The van der Waals surface area contributed by atoms with Crippen molar-refractivity contribution in [3.05, 3.63) is 54.1 Å². The van der Waals surface area contributed by atoms with Crippen LogP contribution in [0.25, 0.3) is 11.3 Å². The summed E-state index contributed by atoms with van der Waals surface area (Å²) in [4.78, 5) is 16.6. The van der Waals surface area contributed by atoms with E-state index in [9.17, 15) is 4.79 Å². The van der Waals surface area contributed by atoms with E-state index < -0.39 is 0 Å². The normalized spacial score (nSPS) is 14.8. The maximum atomic E-state index is 12.7. The molecular weight excluding hydrogens is 436 g/mol. The predicted molar refractivity (Wildman–Crippen MR) is 126 cm³/mol. The fourth-order valence-corrected chi connectivity index (χ4v) is 4.01. The second kappa shape index (κ2) is 9.46. The lowest BCUT2D eigenvalue weighted by Crippen LogP contribution is -2.50. The molecule has 176 valence electrons. The molecule has 0 N–H and O–H groups in total. The van der Waals surface area contributed by atoms with E-state index >= 15 is 0 Å². The maximum absolute atomic E-state index is 12.7. The zero-order valence-corrected chi connectivity index (χ0v) is 19.2. The molecule has 9 nitrogen and oxygen atoms in total. The van der Waals surface area contributed by atoms with E-state index in [0.29, 0.717) is 43.4 Å². The number of hydrogen-bond acceptors (Lipinski definition) is 8. The second-order valence-electron chi connectivity index (χ2n) is 8.16. The average molecular weight is 463 g/mol. The summed E-state index contributed by atoms with van der Waals surface area (Å²) in [6.45, 7) is 4.74. The molecule has 2 aliphatic rings. The van der Waals surface area contributed by atoms with Crippen LogP contribution in [0.2, 0.25) is 0 Å². The van der Waals surface area contributed by atoms with Gasteiger partial charge >= 0.3 is 0 Å². The molecule has 0 saturated carbocycles. The van der Waals surface area contributed by atoms with Crippen LogP contribution in [0.5, 0.6) is 23.0 Å². The van der Waals surface area contributed by atoms with Gasteiger partial charge in [-0.1, -0.05) is 6.07 Å². The van der Waals surface area contributed by atoms with Crippen molar-refractivity contribution in [1.82, 2.24) is 15.1 Å². The summed E-state index contributed by atoms with van der Waals surface area (Å²) in [7, 11) is 1.59. The van der Waals surface area contributed by atoms with Gasteiger partial charge in [0.15, 0.2) is 35.4 Å². The van der Waals surface area contributed by atoms with E-state index in [1.165, 1.54) is 0 Å². The number of fused-ring (bicyclic) bond motifs is 1. The first kappa shape index (κ1) is 21.8. The van der Waals surface area contributed by atoms with Crippen molar-refractivity contribution in [3.63, 3.8) is 0 Å². The minimum Gasteiger partial charge on any atom is -0.493 e. The number of rotatable bonds is 6. The second-order valence-corrected chi connectivity index (χ2v) is 8.16. The van der Waals surface area contributed by atoms with Crippen molar-refractivity contribution in [1.29, 1.82) is 0 Å². The molecule has 0 spiro atoms. The van der Waals surface area contributed by atoms with Gasteiger partial charge < -0.3 is 28.7 Å². The van der Waals surface area contributed by atoms with Gasteiger partial charge in [-0.25, -0.2) is 0 Å². The van der Waals surface area contributed by atoms with Crippen LogP contribution in [0.15, 0.2) is 48.5 Å². The minimum atomic E-state index is -0.0495. The van der Waals surface area contributed by atoms with E-state index in [2.05, 4.69) is 15.1 Å². The molecule has 3 aromatic rings. The quantitative estimate of drug-likeness (QED) is 0.553. The third kappa shape index (κ3) is 4.54. The predicted octanol–water partition coefficient (Wildman–Crippen LogP) is 2.92. The number of amides is 1. The molecule has 1 aromatic heterocycles. The summed E-state index contributed by atoms with van der Waals surface area (Å²) >= 11 is 0. The van der Waals surface area contributed by atoms with Crippen LogP contribution >= 0.6 is 0 Å². The lowest BCUT2D eigenvalue weighted by Gasteiger charge is -2.35. The molecule has 0 unspecified atom stereocenters. The third-order valence-electron chi connectivity index (χ3n) is 5.95. The highest BCUT2D eigenvalue weighted by Gasteiger charge is 2.23. The van der Waals surface area contributed by atoms with Crippen molar-refractivity contribution in [2.75, 3.05) is 51.6 Å². The van der Waals surface area contributed by atoms with Crippen LogP contribution < -0.4 is 23.8 Å². The Morgan fingerprint density at radius 1 is 0.941 bits per heavy atom. The van der Waals surface area contributed by atoms with Crippen molar-refractivity contribution in [3.8, 4) is 34.3 Å². The number of carbonyl (C=O) groups excluding carboxylic acids is 1. The van der Waals surface area contributed by atoms with Gasteiger partial charge in [0.1, 0.15) is 0 Å². The van der Waals surface area contributed by atoms with E-state index in [1.807, 2.05) is 60.4 Å². The molecule has 9 heteroatoms. The van der Waals surface area contributed by atoms with Crippen LogP contribution in [-0.4, -0.2) is 67.7 Å². The summed E-state index contributed by atoms with van der Waals surface area (Å²) in [5.74, 6) is 3.39. The topological polar surface area (TPSA) is 86.3 Å². The van der Waals surface area contributed by atoms with Gasteiger partial charge in [0, 0.05) is 31.7 Å². The van der Waals surface area contributed by atoms with Gasteiger partial charge in [-0.15, -0.1) is 10.2 Å². The van der Waals surface area contributed by atoms with Crippen molar-refractivity contribution < 1.29 is 23.7 Å². The van der Waals surface area contributed by atoms with E-state index in [4.69, 9.17) is 18.9 Å². The first-order chi connectivity index (χ1) is 16.6. The summed E-state index contributed by atoms with van der Waals surface area (Å²) < 4.78 is 21.9. The number of aromatic nitrogens is 2. The molecule has 1 fully saturated rings. The van der Waals surface area contributed by atoms with Gasteiger partial charge in [-0.05, 0) is 55.0 Å². The van der Waals surface area contributed by atoms with Crippen LogP contribution in [0.3, 0.4) is 0 Å². The number of anilines is 1. The van der Waals surface area contributed by atoms with E-state index in [0.717, 1.165) is 28.4 Å². The Balaban J connectivity index is 1.15. The van der Waals surface area contributed by atoms with Gasteiger partial charge in [0.25, 0.3) is 5.91 Å². The molecular formula is C25H26N4O5. The van der Waals surface area contributed by atoms with Crippen LogP contribution in [0, 0.1) is 6.92 Å². The van der Waals surface area contributed by atoms with Crippen LogP contribution in [-0.2, 0) is 4.79 Å². The lowest BCUT2D eigenvalue weighted by atomic mass is 10.1. The monoisotopic (exact) mass is 462 g/mol. The van der Waals surface area contributed by atoms with Gasteiger partial charge in [-0.2, -0.15) is 0 Å². The molecule has 1 amide bonds. The molecule has 2 aromatic carbocycles. The molecule has 0 bridgehead atoms. The van der Waals surface area contributed by atoms with Gasteiger partial charge in [0.2, 0.25) is 6.79 Å². The number of aryl methyl sites for hydroxylation is 1. The Kier molecular flexibility index (Phi) is 6.07. The Labute approximate surface area is 197 Å². The Bertz CT molecular complexity index is 1180. The first-order valence-electron chi connectivity index (χ1n) is 11.1. The molecule has 34 heavy (non-hydrogen) atoms. The summed E-state index contributed by atoms with van der Waals surface area (Å²) in [6, 6.07) is 15.3. The van der Waals surface area contributed by atoms with Crippen molar-refractivity contribution >= 4 is 11.7 Å². The highest BCUT2D eigenvalue weighted by Crippen LogP contribution is 2.35. The highest BCUT2D eigenvalue weighted by atomic mass is 16.7. The number of benzene rings is 2. The van der Waals surface area contributed by atoms with Crippen LogP contribution in [0.1, 0.15) is 5.56 Å². The van der Waals surface area contributed by atoms with Gasteiger partial charge in [0.05, 0.1) is 12.8 Å². The van der Waals surface area contributed by atoms with E-state index in [1.54, 1.807) is 7.11 Å². The lowest BCUT2D eigenvalue weighted by molar-refractivity contribution is -0.133. The summed E-state index contributed by atoms with van der Waals surface area (Å²) in [6.07, 6.45) is 0. The molecule has 0 radical (unpaired) electrons. The minimum absolute atomic E-state index is 0.0243. The summed E-state index contributed by atoms with van der Waals surface area (Å²) in [5.41, 5.74) is 2.75. The SMILES string of the molecule is COc1cc(C)ccc1OCC(=O)N1CCN(c2ccc(-c3ccc4c(c3)OCO4)nn2)CC1. The van der Waals surface area contributed by atoms with Gasteiger partial charge in [-0.3, -0.25) is 4.79 Å². The molecule has 1 saturated heterocycles. The zero-order valence-electron chi connectivity index (χ0n) is 19.2. The number of carbonyl (C=O) groups is 1. The fourth-order valence-electron chi connectivity index (χ4n) is 4.01. The van der Waals surface area contributed by atoms with Crippen molar-refractivity contribution in [2.45, 2.75) is 6.92 Å². The molecule has 0 atom stereocenters. The van der Waals surface area contributed by atoms with Crippen molar-refractivity contribution in [2.24, 2.45) is 0 Å². The molecule has 5 rings (SSSR count). The molecule has 3 heterocycles. The molecule has 0 aliphatic carbocycles. The Hall–Kier alpha value is -4.01. The largest absolute Gasteiger partial charge is 0.493 e. The smallest absolute Gasteiger partial charge is 0.260 e. The first-order valence-corrected chi connectivity index (χ1v) is 11.1. The summed E-state index contributed by atoms with van der Waals surface area (Å²) in [5, 5.41) is 8.79. The Morgan fingerprint density at radius 3 is 2.53 bits per heavy atom. The maximum Gasteiger partial charge on any atom is 0.260 e. The highest BCUT2D eigenvalue weighted by molar-refractivity contribution is 5.78. The average Bonchev–Trinajstić information content (AvgIpc) is 3.36. The molecule has 2 aliphatic heterocycles. The number of hydrogen-bond donors (Lipinski definition) is 0. The van der Waals surface area contributed by atoms with E-state index in [-0.39, 0.29) is 19.3 Å². The zero-order chi connectivity index (χ0) is 23.5.